The van der Waals surface area contributed by atoms with Crippen LogP contribution in [0.4, 0.5) is 0 Å². The number of likely N-dealkylation sites (tertiary alicyclic amines) is 1. The van der Waals surface area contributed by atoms with Gasteiger partial charge >= 0.3 is 31.1 Å². The molecule has 1 fully saturated rings. The molecule has 1 aliphatic rings. The SMILES string of the molecule is CC(C)[C-]=C(C(C)C)N1C(=O)C(C(C)C)(C(C)C)[C-]1C(C)C.[U+2]. The molecule has 130 valence electrons. The van der Waals surface area contributed by atoms with E-state index in [0.29, 0.717) is 29.6 Å². The Hall–Kier alpha value is 0.262. The monoisotopic (exact) mass is 543 g/mol. The minimum Gasteiger partial charge on any atom is -0.495 e. The van der Waals surface area contributed by atoms with Crippen molar-refractivity contribution < 1.29 is 35.9 Å². The number of rotatable bonds is 6. The van der Waals surface area contributed by atoms with Crippen molar-refractivity contribution in [3.05, 3.63) is 17.8 Å². The van der Waals surface area contributed by atoms with E-state index in [0.717, 1.165) is 5.70 Å². The Kier molecular flexibility index (Phi) is 8.67. The van der Waals surface area contributed by atoms with Gasteiger partial charge in [0.25, 0.3) is 0 Å². The maximum Gasteiger partial charge on any atom is 2.00 e. The number of hydrogen-bond donors (Lipinski definition) is 0. The van der Waals surface area contributed by atoms with Crippen LogP contribution < -0.4 is 0 Å². The quantitative estimate of drug-likeness (QED) is 0.329. The molecule has 0 saturated carbocycles. The van der Waals surface area contributed by atoms with Crippen LogP contribution in [0.3, 0.4) is 0 Å². The first-order chi connectivity index (χ1) is 9.99. The molecule has 1 heterocycles. The fourth-order valence-corrected chi connectivity index (χ4v) is 4.05. The third kappa shape index (κ3) is 3.92. The molecule has 0 aromatic rings. The van der Waals surface area contributed by atoms with E-state index < -0.39 is 0 Å². The number of carbonyl (C=O) groups excluding carboxylic acids is 1. The molecule has 0 radical (unpaired) electrons. The third-order valence-corrected chi connectivity index (χ3v) is 4.81. The normalized spacial score (nSPS) is 19.2. The van der Waals surface area contributed by atoms with Crippen molar-refractivity contribution in [1.82, 2.24) is 4.90 Å². The molecule has 0 aromatic carbocycles. The van der Waals surface area contributed by atoms with Gasteiger partial charge in [0.15, 0.2) is 5.91 Å². The Morgan fingerprint density at radius 2 is 1.39 bits per heavy atom. The summed E-state index contributed by atoms with van der Waals surface area (Å²) in [5.74, 6) is 1.91. The van der Waals surface area contributed by atoms with Gasteiger partial charge < -0.3 is 11.0 Å². The van der Waals surface area contributed by atoms with E-state index in [1.54, 1.807) is 0 Å². The van der Waals surface area contributed by atoms with Gasteiger partial charge in [0.2, 0.25) is 0 Å². The van der Waals surface area contributed by atoms with Gasteiger partial charge in [0, 0.05) is 0 Å². The average Bonchev–Trinajstić information content (AvgIpc) is 2.32. The van der Waals surface area contributed by atoms with Crippen molar-refractivity contribution >= 4 is 5.91 Å². The smallest absolute Gasteiger partial charge is 0.495 e. The molecule has 0 aromatic heterocycles. The van der Waals surface area contributed by atoms with Gasteiger partial charge in [-0.1, -0.05) is 86.5 Å². The van der Waals surface area contributed by atoms with Crippen molar-refractivity contribution in [2.24, 2.45) is 35.0 Å². The number of amides is 1. The predicted molar refractivity (Wildman–Crippen MR) is 93.5 cm³/mol. The summed E-state index contributed by atoms with van der Waals surface area (Å²) in [6.07, 6.45) is 3.51. The van der Waals surface area contributed by atoms with Crippen LogP contribution in [-0.2, 0) is 4.79 Å². The number of nitrogens with zero attached hydrogens (tertiary/aromatic N) is 1. The molecule has 0 atom stereocenters. The van der Waals surface area contributed by atoms with Crippen LogP contribution in [0.25, 0.3) is 0 Å². The van der Waals surface area contributed by atoms with E-state index in [2.05, 4.69) is 75.3 Å². The molecule has 0 unspecified atom stereocenters. The van der Waals surface area contributed by atoms with Crippen LogP contribution in [0.5, 0.6) is 0 Å². The molecule has 0 bridgehead atoms. The molecular formula is C20H35NOU. The minimum atomic E-state index is -0.313. The largest absolute Gasteiger partial charge is 2.00 e. The molecular weight excluding hydrogens is 508 g/mol. The Bertz CT molecular complexity index is 427. The van der Waals surface area contributed by atoms with Crippen molar-refractivity contribution in [3.63, 3.8) is 0 Å². The zero-order chi connectivity index (χ0) is 17.4. The molecule has 1 saturated heterocycles. The predicted octanol–water partition coefficient (Wildman–Crippen LogP) is 5.31. The Morgan fingerprint density at radius 1 is 0.957 bits per heavy atom. The molecule has 2 nitrogen and oxygen atoms in total. The summed E-state index contributed by atoms with van der Waals surface area (Å²) in [7, 11) is 0. The molecule has 3 heteroatoms. The second kappa shape index (κ2) is 8.57. The van der Waals surface area contributed by atoms with Crippen LogP contribution >= 0.6 is 0 Å². The van der Waals surface area contributed by atoms with Crippen molar-refractivity contribution in [2.75, 3.05) is 0 Å². The van der Waals surface area contributed by atoms with E-state index in [-0.39, 0.29) is 42.4 Å². The van der Waals surface area contributed by atoms with E-state index >= 15 is 0 Å². The first-order valence-corrected chi connectivity index (χ1v) is 8.84. The van der Waals surface area contributed by atoms with Gasteiger partial charge in [0.1, 0.15) is 0 Å². The van der Waals surface area contributed by atoms with Crippen molar-refractivity contribution in [3.8, 4) is 0 Å². The zero-order valence-corrected chi connectivity index (χ0v) is 20.9. The minimum absolute atomic E-state index is 0. The second-order valence-corrected chi connectivity index (χ2v) is 8.20. The Labute approximate surface area is 168 Å². The molecule has 0 aliphatic carbocycles. The zero-order valence-electron chi connectivity index (χ0n) is 16.7. The standard InChI is InChI=1S/C20H35NO.U/c1-12(2)11-17(13(3)4)21-18(14(5)6)20(15(7)8,16(9)10)19(21)22;/h12-16H,1-10H3;/q-2;+2. The molecule has 0 spiro atoms. The average molecular weight is 544 g/mol. The maximum atomic E-state index is 13.3. The number of carbonyl (C=O) groups is 1. The van der Waals surface area contributed by atoms with Crippen molar-refractivity contribution in [1.29, 1.82) is 0 Å². The van der Waals surface area contributed by atoms with Gasteiger partial charge in [0.05, 0.1) is 0 Å². The van der Waals surface area contributed by atoms with E-state index in [9.17, 15) is 4.79 Å². The van der Waals surface area contributed by atoms with Gasteiger partial charge in [-0.2, -0.15) is 17.5 Å². The topological polar surface area (TPSA) is 20.3 Å². The summed E-state index contributed by atoms with van der Waals surface area (Å²) in [5.41, 5.74) is 0.744. The number of allylic oxidation sites excluding steroid dienone is 2. The molecule has 1 amide bonds. The summed E-state index contributed by atoms with van der Waals surface area (Å²) >= 11 is 0. The van der Waals surface area contributed by atoms with E-state index in [4.69, 9.17) is 0 Å². The van der Waals surface area contributed by atoms with Gasteiger partial charge in [-0.3, -0.25) is 4.79 Å². The van der Waals surface area contributed by atoms with E-state index in [1.807, 2.05) is 4.90 Å². The first-order valence-electron chi connectivity index (χ1n) is 8.84. The van der Waals surface area contributed by atoms with Crippen LogP contribution in [-0.4, -0.2) is 10.8 Å². The number of hydrogen-bond acceptors (Lipinski definition) is 1. The summed E-state index contributed by atoms with van der Waals surface area (Å²) in [4.78, 5) is 15.2. The Morgan fingerprint density at radius 3 is 1.65 bits per heavy atom. The fourth-order valence-electron chi connectivity index (χ4n) is 4.05. The van der Waals surface area contributed by atoms with Gasteiger partial charge in [-0.25, -0.2) is 6.04 Å². The van der Waals surface area contributed by atoms with Crippen LogP contribution in [0.15, 0.2) is 5.70 Å². The second-order valence-electron chi connectivity index (χ2n) is 8.20. The summed E-state index contributed by atoms with van der Waals surface area (Å²) < 4.78 is 0. The van der Waals surface area contributed by atoms with Gasteiger partial charge in [-0.05, 0) is 5.92 Å². The molecule has 23 heavy (non-hydrogen) atoms. The Balaban J connectivity index is 0.00000484. The van der Waals surface area contributed by atoms with Crippen molar-refractivity contribution in [2.45, 2.75) is 69.2 Å². The maximum absolute atomic E-state index is 13.3. The van der Waals surface area contributed by atoms with Gasteiger partial charge in [-0.15, -0.1) is 0 Å². The fraction of sp³-hybridized carbons (Fsp3) is 0.800. The van der Waals surface area contributed by atoms with Crippen LogP contribution in [0, 0.1) is 78.2 Å². The van der Waals surface area contributed by atoms with Crippen LogP contribution in [0.2, 0.25) is 0 Å². The number of β-lactam (4-membered cyclic amide) rings is 1. The summed E-state index contributed by atoms with van der Waals surface area (Å²) in [6, 6.07) is 1.29. The summed E-state index contributed by atoms with van der Waals surface area (Å²) in [6.45, 7) is 21.7. The third-order valence-electron chi connectivity index (χ3n) is 4.81. The molecule has 0 N–H and O–H groups in total. The first kappa shape index (κ1) is 23.3. The molecule has 1 rings (SSSR count). The van der Waals surface area contributed by atoms with E-state index in [1.165, 1.54) is 6.04 Å². The molecule has 1 aliphatic heterocycles. The summed E-state index contributed by atoms with van der Waals surface area (Å²) in [5, 5.41) is 0. The van der Waals surface area contributed by atoms with Crippen LogP contribution in [0.1, 0.15) is 69.2 Å².